The lowest BCUT2D eigenvalue weighted by atomic mass is 10.0. The van der Waals surface area contributed by atoms with Gasteiger partial charge >= 0.3 is 0 Å². The Labute approximate surface area is 139 Å². The van der Waals surface area contributed by atoms with Crippen LogP contribution in [-0.4, -0.2) is 36.3 Å². The highest BCUT2D eigenvalue weighted by Crippen LogP contribution is 2.21. The first-order chi connectivity index (χ1) is 10.6. The highest BCUT2D eigenvalue weighted by atomic mass is 16.2. The summed E-state index contributed by atoms with van der Waals surface area (Å²) in [4.78, 5) is 25.8. The van der Waals surface area contributed by atoms with Crippen LogP contribution in [0.3, 0.4) is 0 Å². The van der Waals surface area contributed by atoms with Gasteiger partial charge in [-0.25, -0.2) is 0 Å². The van der Waals surface area contributed by atoms with E-state index in [9.17, 15) is 9.59 Å². The maximum absolute atomic E-state index is 12.2. The Morgan fingerprint density at radius 2 is 1.70 bits per heavy atom. The van der Waals surface area contributed by atoms with Crippen LogP contribution >= 0.6 is 0 Å². The molecular formula is C18H29N3O2. The fraction of sp³-hybridized carbons (Fsp3) is 0.556. The molecule has 0 fully saturated rings. The lowest BCUT2D eigenvalue weighted by Gasteiger charge is -2.22. The van der Waals surface area contributed by atoms with Gasteiger partial charge in [0.2, 0.25) is 11.8 Å². The molecule has 0 aliphatic carbocycles. The molecule has 2 amide bonds. The zero-order valence-electron chi connectivity index (χ0n) is 15.1. The lowest BCUT2D eigenvalue weighted by molar-refractivity contribution is -0.134. The van der Waals surface area contributed by atoms with Crippen LogP contribution in [0.2, 0.25) is 0 Å². The van der Waals surface area contributed by atoms with Gasteiger partial charge < -0.3 is 16.0 Å². The maximum Gasteiger partial charge on any atom is 0.243 e. The normalized spacial score (nSPS) is 12.2. The third-order valence-electron chi connectivity index (χ3n) is 3.74. The largest absolute Gasteiger partial charge is 0.335 e. The molecule has 1 aromatic carbocycles. The molecule has 0 radical (unpaired) electrons. The molecule has 1 rings (SSSR count). The van der Waals surface area contributed by atoms with E-state index in [1.165, 1.54) is 4.90 Å². The second kappa shape index (κ2) is 8.11. The van der Waals surface area contributed by atoms with Gasteiger partial charge in [-0.3, -0.25) is 9.59 Å². The molecule has 0 aliphatic rings. The van der Waals surface area contributed by atoms with Gasteiger partial charge in [0.05, 0.1) is 12.6 Å². The summed E-state index contributed by atoms with van der Waals surface area (Å²) in [5, 5.41) is 2.90. The summed E-state index contributed by atoms with van der Waals surface area (Å²) in [7, 11) is 1.61. The Balaban J connectivity index is 2.68. The predicted molar refractivity (Wildman–Crippen MR) is 94.4 cm³/mol. The number of nitrogens with one attached hydrogen (secondary N) is 1. The van der Waals surface area contributed by atoms with Crippen molar-refractivity contribution >= 4 is 17.5 Å². The number of amides is 2. The number of carbonyl (C=O) groups is 2. The van der Waals surface area contributed by atoms with Crippen molar-refractivity contribution in [3.63, 3.8) is 0 Å². The van der Waals surface area contributed by atoms with Crippen molar-refractivity contribution in [1.82, 2.24) is 4.90 Å². The average Bonchev–Trinajstić information content (AvgIpc) is 2.41. The number of rotatable bonds is 6. The van der Waals surface area contributed by atoms with Gasteiger partial charge in [0.25, 0.3) is 0 Å². The summed E-state index contributed by atoms with van der Waals surface area (Å²) in [5.74, 6) is -0.0760. The van der Waals surface area contributed by atoms with Crippen molar-refractivity contribution in [3.8, 4) is 0 Å². The quantitative estimate of drug-likeness (QED) is 0.845. The summed E-state index contributed by atoms with van der Waals surface area (Å²) >= 11 is 0. The number of nitrogens with two attached hydrogens (primary N) is 1. The van der Waals surface area contributed by atoms with Gasteiger partial charge in [-0.2, -0.15) is 0 Å². The van der Waals surface area contributed by atoms with E-state index in [1.54, 1.807) is 7.05 Å². The fourth-order valence-electron chi connectivity index (χ4n) is 2.74. The van der Waals surface area contributed by atoms with Gasteiger partial charge in [-0.1, -0.05) is 31.5 Å². The molecule has 0 aliphatic heterocycles. The number of hydrogen-bond donors (Lipinski definition) is 2. The van der Waals surface area contributed by atoms with Crippen molar-refractivity contribution in [2.75, 3.05) is 18.9 Å². The van der Waals surface area contributed by atoms with Crippen LogP contribution in [0.5, 0.6) is 0 Å². The van der Waals surface area contributed by atoms with E-state index in [4.69, 9.17) is 5.73 Å². The molecule has 0 spiro atoms. The summed E-state index contributed by atoms with van der Waals surface area (Å²) in [6.07, 6.45) is 0.612. The van der Waals surface area contributed by atoms with Crippen LogP contribution in [0.1, 0.15) is 37.0 Å². The summed E-state index contributed by atoms with van der Waals surface area (Å²) in [6.45, 7) is 9.98. The zero-order chi connectivity index (χ0) is 17.7. The molecular weight excluding hydrogens is 290 g/mol. The summed E-state index contributed by atoms with van der Waals surface area (Å²) in [5.41, 5.74) is 9.89. The summed E-state index contributed by atoms with van der Waals surface area (Å²) < 4.78 is 0. The zero-order valence-corrected chi connectivity index (χ0v) is 15.1. The number of likely N-dealkylation sites (N-methyl/N-ethyl adjacent to an activating group) is 1. The van der Waals surface area contributed by atoms with Crippen LogP contribution in [0, 0.1) is 26.7 Å². The van der Waals surface area contributed by atoms with E-state index in [-0.39, 0.29) is 18.4 Å². The number of anilines is 1. The fourth-order valence-corrected chi connectivity index (χ4v) is 2.74. The Bertz CT molecular complexity index is 559. The highest BCUT2D eigenvalue weighted by Gasteiger charge is 2.21. The number of carbonyl (C=O) groups excluding carboxylic acids is 2. The minimum absolute atomic E-state index is 0.00259. The van der Waals surface area contributed by atoms with Crippen molar-refractivity contribution in [2.24, 2.45) is 11.7 Å². The molecule has 5 heteroatoms. The van der Waals surface area contributed by atoms with Gasteiger partial charge in [-0.05, 0) is 44.2 Å². The van der Waals surface area contributed by atoms with E-state index in [2.05, 4.69) is 5.32 Å². The van der Waals surface area contributed by atoms with Crippen molar-refractivity contribution < 1.29 is 9.59 Å². The molecule has 128 valence electrons. The molecule has 0 saturated heterocycles. The number of benzene rings is 1. The molecule has 3 N–H and O–H groups in total. The molecule has 1 aromatic rings. The highest BCUT2D eigenvalue weighted by molar-refractivity contribution is 5.96. The molecule has 0 bridgehead atoms. The monoisotopic (exact) mass is 319 g/mol. The maximum atomic E-state index is 12.2. The molecule has 0 heterocycles. The second-order valence-corrected chi connectivity index (χ2v) is 6.75. The third kappa shape index (κ3) is 5.67. The van der Waals surface area contributed by atoms with E-state index < -0.39 is 6.04 Å². The van der Waals surface area contributed by atoms with E-state index in [1.807, 2.05) is 46.8 Å². The van der Waals surface area contributed by atoms with Crippen LogP contribution in [-0.2, 0) is 9.59 Å². The summed E-state index contributed by atoms with van der Waals surface area (Å²) in [6, 6.07) is 3.49. The van der Waals surface area contributed by atoms with E-state index in [0.29, 0.717) is 12.3 Å². The predicted octanol–water partition coefficient (Wildman–Crippen LogP) is 2.38. The first kappa shape index (κ1) is 19.2. The van der Waals surface area contributed by atoms with Crippen molar-refractivity contribution in [2.45, 2.75) is 47.1 Å². The first-order valence-corrected chi connectivity index (χ1v) is 8.00. The Kier molecular flexibility index (Phi) is 6.76. The van der Waals surface area contributed by atoms with Gasteiger partial charge in [0, 0.05) is 12.7 Å². The lowest BCUT2D eigenvalue weighted by Crippen LogP contribution is -2.45. The Morgan fingerprint density at radius 3 is 2.17 bits per heavy atom. The molecule has 23 heavy (non-hydrogen) atoms. The van der Waals surface area contributed by atoms with Crippen LogP contribution in [0.4, 0.5) is 5.69 Å². The van der Waals surface area contributed by atoms with Crippen LogP contribution in [0.25, 0.3) is 0 Å². The molecule has 0 unspecified atom stereocenters. The minimum atomic E-state index is -0.560. The van der Waals surface area contributed by atoms with E-state index >= 15 is 0 Å². The minimum Gasteiger partial charge on any atom is -0.335 e. The molecule has 0 aromatic heterocycles. The van der Waals surface area contributed by atoms with Crippen molar-refractivity contribution in [1.29, 1.82) is 0 Å². The molecule has 5 nitrogen and oxygen atoms in total. The smallest absolute Gasteiger partial charge is 0.243 e. The second-order valence-electron chi connectivity index (χ2n) is 6.75. The van der Waals surface area contributed by atoms with Gasteiger partial charge in [0.1, 0.15) is 0 Å². The van der Waals surface area contributed by atoms with Crippen LogP contribution in [0.15, 0.2) is 12.1 Å². The van der Waals surface area contributed by atoms with Crippen LogP contribution < -0.4 is 11.1 Å². The SMILES string of the molecule is Cc1cc(C)c(NC(=O)CN(C)C(=O)[C@@H](N)CC(C)C)c(C)c1. The number of nitrogens with zero attached hydrogens (tertiary/aromatic N) is 1. The number of aryl methyl sites for hydroxylation is 3. The van der Waals surface area contributed by atoms with Crippen molar-refractivity contribution in [3.05, 3.63) is 28.8 Å². The topological polar surface area (TPSA) is 75.4 Å². The van der Waals surface area contributed by atoms with Gasteiger partial charge in [-0.15, -0.1) is 0 Å². The standard InChI is InChI=1S/C18H29N3O2/c1-11(2)7-15(19)18(23)21(6)10-16(22)20-17-13(4)8-12(3)9-14(17)5/h8-9,11,15H,7,10,19H2,1-6H3,(H,20,22)/t15-/m0/s1. The Hall–Kier alpha value is -1.88. The average molecular weight is 319 g/mol. The van der Waals surface area contributed by atoms with Gasteiger partial charge in [0.15, 0.2) is 0 Å². The first-order valence-electron chi connectivity index (χ1n) is 8.00. The Morgan fingerprint density at radius 1 is 1.17 bits per heavy atom. The number of hydrogen-bond acceptors (Lipinski definition) is 3. The molecule has 1 atom stereocenters. The third-order valence-corrected chi connectivity index (χ3v) is 3.74. The molecule has 0 saturated carbocycles. The van der Waals surface area contributed by atoms with E-state index in [0.717, 1.165) is 22.4 Å².